The number of carbonyl (C=O) groups excluding carboxylic acids is 10. The zero-order valence-electron chi connectivity index (χ0n) is 72.5. The summed E-state index contributed by atoms with van der Waals surface area (Å²) >= 11 is 34.6. The predicted molar refractivity (Wildman–Crippen MR) is 479 cm³/mol. The monoisotopic (exact) mass is 1930 g/mol. The fraction of sp³-hybridized carbons (Fsp3) is 0.500. The first kappa shape index (κ1) is 122. The topological polar surface area (TPSA) is 505 Å². The minimum absolute atomic E-state index is 0. The van der Waals surface area contributed by atoms with E-state index >= 15 is 0 Å². The van der Waals surface area contributed by atoms with Gasteiger partial charge in [0.2, 0.25) is 17.7 Å². The molecule has 0 saturated heterocycles. The summed E-state index contributed by atoms with van der Waals surface area (Å²) in [5, 5.41) is 63.4. The van der Waals surface area contributed by atoms with Crippen molar-refractivity contribution in [3.63, 3.8) is 0 Å². The first-order valence-corrected chi connectivity index (χ1v) is 41.9. The van der Waals surface area contributed by atoms with Gasteiger partial charge >= 0.3 is 47.7 Å². The SMILES string of the molecule is C.CC(C)[C@H](N)C(=O)O.CC(C)[C@H](NC(=O)OCc1ccccc1Cl)C(=O)NC(CC(=O)O)C(=O)CF.CC(C)[C@H](NC(=O)OCc1ccccc1Cl)C(=O)O.CCC(N)C(O)CF.CCC(NC(=O)[C@@H](NC(=O)OCc1ccccc1Cl)C(C)C)C(=O)CF.CCC(NC(=O)[C@@H](NC(=O)OCc1ccccc1Cl)C(C)C)C(O)CF.O=C(Cl)OCc1ccccc1Cl. The lowest BCUT2D eigenvalue weighted by molar-refractivity contribution is -0.141. The molecule has 0 aromatic heterocycles. The van der Waals surface area contributed by atoms with Gasteiger partial charge in [-0.25, -0.2) is 46.3 Å². The van der Waals surface area contributed by atoms with Crippen LogP contribution < -0.4 is 48.7 Å². The van der Waals surface area contributed by atoms with E-state index in [4.69, 9.17) is 120 Å². The highest BCUT2D eigenvalue weighted by atomic mass is 35.5. The number of ether oxygens (including phenoxy) is 5. The third-order valence-corrected chi connectivity index (χ3v) is 19.4. The van der Waals surface area contributed by atoms with E-state index in [0.29, 0.717) is 60.2 Å². The summed E-state index contributed by atoms with van der Waals surface area (Å²) in [6.45, 7) is 18.0. The van der Waals surface area contributed by atoms with Gasteiger partial charge in [0.05, 0.1) is 24.6 Å². The van der Waals surface area contributed by atoms with Crippen LogP contribution in [0.1, 0.15) is 151 Å². The maximum atomic E-state index is 12.6. The molecule has 7 amide bonds. The Kier molecular flexibility index (Phi) is 65.2. The normalized spacial score (nSPS) is 13.0. The lowest BCUT2D eigenvalue weighted by atomic mass is 10.0. The molecule has 5 aromatic rings. The molecule has 11 atom stereocenters. The number of Topliss-reactive ketones (excluding diaryl/α,β-unsaturated/α-hetero) is 2. The van der Waals surface area contributed by atoms with Crippen molar-refractivity contribution in [2.24, 2.45) is 41.1 Å². The van der Waals surface area contributed by atoms with Crippen LogP contribution in [0.5, 0.6) is 0 Å². The largest absolute Gasteiger partial charge is 0.481 e. The number of aliphatic hydroxyl groups is 2. The first-order valence-electron chi connectivity index (χ1n) is 39.6. The number of carboxylic acids is 3. The molecule has 0 saturated carbocycles. The van der Waals surface area contributed by atoms with Crippen LogP contribution in [0.15, 0.2) is 121 Å². The van der Waals surface area contributed by atoms with E-state index in [2.05, 4.69) is 42.0 Å². The third kappa shape index (κ3) is 51.9. The lowest BCUT2D eigenvalue weighted by Gasteiger charge is -2.26. The molecular formula is C86H121Cl6F4N9O23. The second kappa shape index (κ2) is 68.2. The summed E-state index contributed by atoms with van der Waals surface area (Å²) in [6, 6.07) is 26.5. The van der Waals surface area contributed by atoms with Gasteiger partial charge in [-0.2, -0.15) is 0 Å². The number of benzene rings is 5. The van der Waals surface area contributed by atoms with E-state index in [0.717, 1.165) is 5.56 Å². The molecule has 0 aliphatic carbocycles. The van der Waals surface area contributed by atoms with Gasteiger partial charge in [-0.15, -0.1) is 0 Å². The van der Waals surface area contributed by atoms with Crippen LogP contribution >= 0.6 is 69.6 Å². The highest BCUT2D eigenvalue weighted by molar-refractivity contribution is 6.61. The zero-order valence-corrected chi connectivity index (χ0v) is 77.0. The molecule has 42 heteroatoms. The summed E-state index contributed by atoms with van der Waals surface area (Å²) in [6.07, 6.45) is -5.03. The molecule has 0 heterocycles. The van der Waals surface area contributed by atoms with Crippen molar-refractivity contribution in [3.8, 4) is 0 Å². The standard InChI is InChI=1S/C18H22ClFN2O6.C18H26ClFN2O4.C18H24ClFN2O4.C13H16ClNO4.C8H6Cl2O2.C5H12FNO.C5H11NO2.CH4/c1-10(2)16(17(26)21-13(7-15(24)25)14(23)8-20)22-18(27)28-9-11-5-3-4-6-12(11)19;2*1-4-14(15(23)9-20)21-17(24)16(11(2)3)22-18(25)26-10-12-7-5-6-8-13(12)19;1-8(2)11(12(16)17)15-13(18)19-7-9-5-3-4-6-10(9)14;9-7-4-2-1-3-6(7)5-12-8(10)11;1-2-4(7)5(8)3-6;1-3(2)4(6)5(7)8;/h3-6,10,13,16H,7-9H2,1-2H3,(H,21,26)(H,22,27)(H,24,25);5-8,11,14-16,23H,4,9-10H2,1-3H3,(H,21,24)(H,22,25);5-8,11,14,16H,4,9-10H2,1-3H3,(H,21,24)(H,22,25);3-6,8,11H,7H2,1-2H3,(H,15,18)(H,16,17);1-4H,5H2;4-5,8H,2-3,7H2,1H3;3-4H,6H2,1-2H3,(H,7,8);1H4/t13?,16-;14?,15?,16-;14?,16-;11-;;;4-;/m0000..0./s1. The quantitative estimate of drug-likeness (QED) is 0.00984. The van der Waals surface area contributed by atoms with E-state index in [1.165, 1.54) is 0 Å². The van der Waals surface area contributed by atoms with Gasteiger partial charge in [0.25, 0.3) is 0 Å². The number of nitrogens with one attached hydrogen (secondary N) is 7. The summed E-state index contributed by atoms with van der Waals surface area (Å²) in [5.74, 6) is -8.19. The Labute approximate surface area is 773 Å². The molecule has 0 fully saturated rings. The van der Waals surface area contributed by atoms with Gasteiger partial charge in [0.1, 0.15) is 102 Å². The van der Waals surface area contributed by atoms with E-state index in [-0.39, 0.29) is 70.6 Å². The van der Waals surface area contributed by atoms with Gasteiger partial charge in [0, 0.05) is 70.6 Å². The van der Waals surface area contributed by atoms with Crippen molar-refractivity contribution < 1.29 is 129 Å². The molecule has 0 radical (unpaired) electrons. The second-order valence-electron chi connectivity index (χ2n) is 29.1. The van der Waals surface area contributed by atoms with Crippen molar-refractivity contribution in [3.05, 3.63) is 174 Å². The number of halogens is 10. The Bertz CT molecular complexity index is 4200. The number of alkyl carbamates (subject to hydrolysis) is 4. The van der Waals surface area contributed by atoms with E-state index in [9.17, 15) is 85.0 Å². The van der Waals surface area contributed by atoms with E-state index in [1.54, 1.807) is 198 Å². The highest BCUT2D eigenvalue weighted by Gasteiger charge is 2.33. The summed E-state index contributed by atoms with van der Waals surface area (Å²) < 4.78 is 74.0. The van der Waals surface area contributed by atoms with Crippen molar-refractivity contribution in [1.29, 1.82) is 0 Å². The number of rotatable bonds is 40. The Hall–Kier alpha value is -9.89. The number of amides is 7. The molecule has 0 aliphatic rings. The summed E-state index contributed by atoms with van der Waals surface area (Å²) in [7, 11) is 0. The molecule has 0 bridgehead atoms. The Balaban J connectivity index is -0.00000148. The minimum atomic E-state index is -1.53. The number of nitrogens with two attached hydrogens (primary N) is 2. The number of hydrogen-bond donors (Lipinski definition) is 14. The molecule has 0 aliphatic heterocycles. The fourth-order valence-electron chi connectivity index (χ4n) is 9.64. The molecule has 128 heavy (non-hydrogen) atoms. The lowest BCUT2D eigenvalue weighted by Crippen LogP contribution is -2.54. The maximum Gasteiger partial charge on any atom is 0.408 e. The second-order valence-corrected chi connectivity index (χ2v) is 31.4. The van der Waals surface area contributed by atoms with Crippen molar-refractivity contribution in [2.45, 2.75) is 223 Å². The van der Waals surface area contributed by atoms with E-state index < -0.39 is 183 Å². The van der Waals surface area contributed by atoms with Crippen LogP contribution in [-0.2, 0) is 95.1 Å². The number of carboxylic acid groups (broad SMARTS) is 3. The molecule has 16 N–H and O–H groups in total. The Morgan fingerprint density at radius 2 is 0.641 bits per heavy atom. The smallest absolute Gasteiger partial charge is 0.408 e. The fourth-order valence-corrected chi connectivity index (χ4v) is 10.6. The number of ketones is 2. The number of alkyl halides is 4. The van der Waals surface area contributed by atoms with Crippen molar-refractivity contribution in [2.75, 3.05) is 26.7 Å². The molecular weight excluding hydrogens is 1820 g/mol. The van der Waals surface area contributed by atoms with Crippen LogP contribution in [0.3, 0.4) is 0 Å². The average Bonchev–Trinajstić information content (AvgIpc) is 0.871. The van der Waals surface area contributed by atoms with Gasteiger partial charge in [-0.05, 0) is 79.2 Å². The molecule has 0 spiro atoms. The molecule has 32 nitrogen and oxygen atoms in total. The zero-order chi connectivity index (χ0) is 97.3. The maximum absolute atomic E-state index is 12.6. The van der Waals surface area contributed by atoms with Crippen LogP contribution in [0.2, 0.25) is 25.1 Å². The van der Waals surface area contributed by atoms with Crippen LogP contribution in [-0.4, -0.2) is 196 Å². The molecule has 5 rings (SSSR count). The van der Waals surface area contributed by atoms with Crippen molar-refractivity contribution >= 4 is 147 Å². The van der Waals surface area contributed by atoms with Crippen molar-refractivity contribution in [1.82, 2.24) is 37.2 Å². The van der Waals surface area contributed by atoms with Crippen LogP contribution in [0.4, 0.5) is 41.5 Å². The number of aliphatic carboxylic acids is 3. The van der Waals surface area contributed by atoms with Gasteiger partial charge < -0.3 is 97.9 Å². The third-order valence-electron chi connectivity index (χ3n) is 17.4. The van der Waals surface area contributed by atoms with Crippen LogP contribution in [0.25, 0.3) is 0 Å². The Morgan fingerprint density at radius 1 is 0.367 bits per heavy atom. The summed E-state index contributed by atoms with van der Waals surface area (Å²) in [4.78, 5) is 150. The number of hydrogen-bond acceptors (Lipinski definition) is 22. The molecule has 718 valence electrons. The first-order chi connectivity index (χ1) is 59.6. The Morgan fingerprint density at radius 3 is 0.852 bits per heavy atom. The van der Waals surface area contributed by atoms with E-state index in [1.807, 2.05) is 13.0 Å². The average molecular weight is 1940 g/mol. The van der Waals surface area contributed by atoms with Gasteiger partial charge in [-0.1, -0.05) is 246 Å². The predicted octanol–water partition coefficient (Wildman–Crippen LogP) is 14.6. The molecule has 5 aromatic carbocycles. The minimum Gasteiger partial charge on any atom is -0.481 e. The van der Waals surface area contributed by atoms with Gasteiger partial charge in [-0.3, -0.25) is 33.6 Å². The summed E-state index contributed by atoms with van der Waals surface area (Å²) in [5.41, 5.74) is 12.8. The molecule has 6 unspecified atom stereocenters. The number of carbonyl (C=O) groups is 13. The highest BCUT2D eigenvalue weighted by Crippen LogP contribution is 2.22. The van der Waals surface area contributed by atoms with Gasteiger partial charge in [0.15, 0.2) is 11.6 Å². The van der Waals surface area contributed by atoms with Crippen LogP contribution in [0, 0.1) is 29.6 Å². The number of aliphatic hydroxyl groups excluding tert-OH is 2.